The second kappa shape index (κ2) is 8.83. The fourth-order valence-corrected chi connectivity index (χ4v) is 3.08. The molecule has 1 heterocycles. The van der Waals surface area contributed by atoms with Crippen LogP contribution in [0.4, 0.5) is 0 Å². The SMILES string of the molecule is COc1cccc(C(=O)NC(CN2CCOCC2)c2ccc(C)cc2)c1. The summed E-state index contributed by atoms with van der Waals surface area (Å²) < 4.78 is 10.7. The topological polar surface area (TPSA) is 50.8 Å². The Morgan fingerprint density at radius 2 is 1.92 bits per heavy atom. The monoisotopic (exact) mass is 354 g/mol. The van der Waals surface area contributed by atoms with Crippen molar-refractivity contribution in [3.8, 4) is 5.75 Å². The van der Waals surface area contributed by atoms with Crippen molar-refractivity contribution in [2.24, 2.45) is 0 Å². The maximum absolute atomic E-state index is 12.8. The molecule has 26 heavy (non-hydrogen) atoms. The molecule has 0 radical (unpaired) electrons. The predicted octanol–water partition coefficient (Wildman–Crippen LogP) is 2.81. The first-order valence-electron chi connectivity index (χ1n) is 8.97. The first kappa shape index (κ1) is 18.4. The highest BCUT2D eigenvalue weighted by Gasteiger charge is 2.21. The normalized spacial score (nSPS) is 16.1. The van der Waals surface area contributed by atoms with Crippen molar-refractivity contribution in [3.63, 3.8) is 0 Å². The van der Waals surface area contributed by atoms with E-state index in [2.05, 4.69) is 41.4 Å². The molecular weight excluding hydrogens is 328 g/mol. The van der Waals surface area contributed by atoms with Gasteiger partial charge in [0.15, 0.2) is 0 Å². The summed E-state index contributed by atoms with van der Waals surface area (Å²) in [5.41, 5.74) is 2.92. The van der Waals surface area contributed by atoms with Crippen LogP contribution in [0.2, 0.25) is 0 Å². The molecule has 5 nitrogen and oxygen atoms in total. The molecule has 1 atom stereocenters. The molecule has 0 saturated carbocycles. The lowest BCUT2D eigenvalue weighted by atomic mass is 10.0. The summed E-state index contributed by atoms with van der Waals surface area (Å²) in [6.45, 7) is 6.08. The number of carbonyl (C=O) groups excluding carboxylic acids is 1. The van der Waals surface area contributed by atoms with Gasteiger partial charge in [0.25, 0.3) is 5.91 Å². The number of nitrogens with one attached hydrogen (secondary N) is 1. The van der Waals surface area contributed by atoms with E-state index in [9.17, 15) is 4.79 Å². The molecule has 0 bridgehead atoms. The van der Waals surface area contributed by atoms with Crippen LogP contribution in [0.15, 0.2) is 48.5 Å². The molecule has 3 rings (SSSR count). The van der Waals surface area contributed by atoms with Gasteiger partial charge >= 0.3 is 0 Å². The van der Waals surface area contributed by atoms with Crippen LogP contribution in [-0.2, 0) is 4.74 Å². The van der Waals surface area contributed by atoms with Gasteiger partial charge in [-0.2, -0.15) is 0 Å². The van der Waals surface area contributed by atoms with Gasteiger partial charge < -0.3 is 14.8 Å². The second-order valence-electron chi connectivity index (χ2n) is 6.58. The lowest BCUT2D eigenvalue weighted by Crippen LogP contribution is -2.43. The molecule has 1 fully saturated rings. The van der Waals surface area contributed by atoms with E-state index in [0.29, 0.717) is 11.3 Å². The summed E-state index contributed by atoms with van der Waals surface area (Å²) >= 11 is 0. The summed E-state index contributed by atoms with van der Waals surface area (Å²) in [4.78, 5) is 15.1. The van der Waals surface area contributed by atoms with Crippen molar-refractivity contribution in [2.75, 3.05) is 40.0 Å². The van der Waals surface area contributed by atoms with Crippen LogP contribution >= 0.6 is 0 Å². The summed E-state index contributed by atoms with van der Waals surface area (Å²) in [7, 11) is 1.60. The summed E-state index contributed by atoms with van der Waals surface area (Å²) in [6, 6.07) is 15.5. The van der Waals surface area contributed by atoms with Crippen LogP contribution in [0, 0.1) is 6.92 Å². The smallest absolute Gasteiger partial charge is 0.251 e. The van der Waals surface area contributed by atoms with Gasteiger partial charge in [-0.05, 0) is 30.7 Å². The van der Waals surface area contributed by atoms with Gasteiger partial charge in [-0.1, -0.05) is 35.9 Å². The molecule has 2 aromatic carbocycles. The Balaban J connectivity index is 1.77. The fourth-order valence-electron chi connectivity index (χ4n) is 3.08. The maximum atomic E-state index is 12.8. The van der Waals surface area contributed by atoms with Crippen molar-refractivity contribution in [2.45, 2.75) is 13.0 Å². The first-order chi connectivity index (χ1) is 12.7. The third-order valence-corrected chi connectivity index (χ3v) is 4.66. The zero-order valence-electron chi connectivity index (χ0n) is 15.4. The highest BCUT2D eigenvalue weighted by atomic mass is 16.5. The van der Waals surface area contributed by atoms with Gasteiger partial charge in [0, 0.05) is 25.2 Å². The van der Waals surface area contributed by atoms with E-state index < -0.39 is 0 Å². The van der Waals surface area contributed by atoms with Crippen LogP contribution in [0.5, 0.6) is 5.75 Å². The summed E-state index contributed by atoms with van der Waals surface area (Å²) in [6.07, 6.45) is 0. The number of rotatable bonds is 6. The standard InChI is InChI=1S/C21H26N2O3/c1-16-6-8-17(9-7-16)20(15-23-10-12-26-13-11-23)22-21(24)18-4-3-5-19(14-18)25-2/h3-9,14,20H,10-13,15H2,1-2H3,(H,22,24). The maximum Gasteiger partial charge on any atom is 0.251 e. The number of hydrogen-bond acceptors (Lipinski definition) is 4. The lowest BCUT2D eigenvalue weighted by molar-refractivity contribution is 0.0332. The van der Waals surface area contributed by atoms with Crippen LogP contribution in [0.3, 0.4) is 0 Å². The fraction of sp³-hybridized carbons (Fsp3) is 0.381. The van der Waals surface area contributed by atoms with Gasteiger partial charge in [0.05, 0.1) is 26.4 Å². The third-order valence-electron chi connectivity index (χ3n) is 4.66. The minimum absolute atomic E-state index is 0.0765. The van der Waals surface area contributed by atoms with Gasteiger partial charge in [0.1, 0.15) is 5.75 Å². The van der Waals surface area contributed by atoms with Crippen molar-refractivity contribution >= 4 is 5.91 Å². The van der Waals surface area contributed by atoms with E-state index in [1.54, 1.807) is 19.2 Å². The Morgan fingerprint density at radius 3 is 2.62 bits per heavy atom. The molecule has 0 aromatic heterocycles. The van der Waals surface area contributed by atoms with E-state index in [-0.39, 0.29) is 11.9 Å². The quantitative estimate of drug-likeness (QED) is 0.867. The van der Waals surface area contributed by atoms with Gasteiger partial charge in [-0.3, -0.25) is 9.69 Å². The Kier molecular flexibility index (Phi) is 6.26. The number of hydrogen-bond donors (Lipinski definition) is 1. The first-order valence-corrected chi connectivity index (χ1v) is 8.97. The molecule has 1 aliphatic heterocycles. The molecule has 1 amide bonds. The van der Waals surface area contributed by atoms with E-state index in [4.69, 9.17) is 9.47 Å². The average molecular weight is 354 g/mol. The number of morpholine rings is 1. The van der Waals surface area contributed by atoms with Crippen LogP contribution in [0.25, 0.3) is 0 Å². The largest absolute Gasteiger partial charge is 0.497 e. The molecule has 5 heteroatoms. The van der Waals surface area contributed by atoms with E-state index in [1.807, 2.05) is 12.1 Å². The van der Waals surface area contributed by atoms with Crippen molar-refractivity contribution < 1.29 is 14.3 Å². The summed E-state index contributed by atoms with van der Waals surface area (Å²) in [5, 5.41) is 3.19. The number of amides is 1. The molecule has 0 aliphatic carbocycles. The molecule has 1 N–H and O–H groups in total. The van der Waals surface area contributed by atoms with Gasteiger partial charge in [-0.15, -0.1) is 0 Å². The molecule has 138 valence electrons. The highest BCUT2D eigenvalue weighted by molar-refractivity contribution is 5.94. The van der Waals surface area contributed by atoms with Crippen LogP contribution < -0.4 is 10.1 Å². The zero-order valence-corrected chi connectivity index (χ0v) is 15.4. The number of methoxy groups -OCH3 is 1. The minimum atomic E-state index is -0.0947. The number of carbonyl (C=O) groups is 1. The second-order valence-corrected chi connectivity index (χ2v) is 6.58. The Morgan fingerprint density at radius 1 is 1.19 bits per heavy atom. The van der Waals surface area contributed by atoms with Crippen molar-refractivity contribution in [3.05, 3.63) is 65.2 Å². The molecule has 0 spiro atoms. The highest BCUT2D eigenvalue weighted by Crippen LogP contribution is 2.19. The van der Waals surface area contributed by atoms with E-state index in [0.717, 1.165) is 38.4 Å². The van der Waals surface area contributed by atoms with Crippen LogP contribution in [-0.4, -0.2) is 50.8 Å². The van der Waals surface area contributed by atoms with E-state index in [1.165, 1.54) is 5.56 Å². The summed E-state index contributed by atoms with van der Waals surface area (Å²) in [5.74, 6) is 0.584. The molecule has 1 unspecified atom stereocenters. The third kappa shape index (κ3) is 4.84. The van der Waals surface area contributed by atoms with Crippen LogP contribution in [0.1, 0.15) is 27.5 Å². The Labute approximate surface area is 154 Å². The zero-order chi connectivity index (χ0) is 18.4. The minimum Gasteiger partial charge on any atom is -0.497 e. The number of nitrogens with zero attached hydrogens (tertiary/aromatic N) is 1. The lowest BCUT2D eigenvalue weighted by Gasteiger charge is -2.31. The molecule has 1 aliphatic rings. The van der Waals surface area contributed by atoms with Gasteiger partial charge in [0.2, 0.25) is 0 Å². The number of ether oxygens (including phenoxy) is 2. The van der Waals surface area contributed by atoms with Gasteiger partial charge in [-0.25, -0.2) is 0 Å². The molecular formula is C21H26N2O3. The predicted molar refractivity (Wildman–Crippen MR) is 102 cm³/mol. The Hall–Kier alpha value is -2.37. The number of aryl methyl sites for hydroxylation is 1. The average Bonchev–Trinajstić information content (AvgIpc) is 2.69. The van der Waals surface area contributed by atoms with E-state index >= 15 is 0 Å². The Bertz CT molecular complexity index is 724. The van der Waals surface area contributed by atoms with Crippen molar-refractivity contribution in [1.82, 2.24) is 10.2 Å². The molecule has 1 saturated heterocycles. The molecule has 2 aromatic rings. The van der Waals surface area contributed by atoms with Crippen molar-refractivity contribution in [1.29, 1.82) is 0 Å². The number of benzene rings is 2.